The van der Waals surface area contributed by atoms with Crippen molar-refractivity contribution in [3.8, 4) is 0 Å². The molecule has 4 rings (SSSR count). The third-order valence-electron chi connectivity index (χ3n) is 7.05. The molecule has 188 valence electrons. The van der Waals surface area contributed by atoms with E-state index in [1.54, 1.807) is 47.2 Å². The van der Waals surface area contributed by atoms with Gasteiger partial charge in [0.2, 0.25) is 0 Å². The molecule has 2 aliphatic heterocycles. The van der Waals surface area contributed by atoms with Gasteiger partial charge in [-0.1, -0.05) is 30.3 Å². The fourth-order valence-corrected chi connectivity index (χ4v) is 5.09. The number of rotatable bonds is 6. The van der Waals surface area contributed by atoms with Gasteiger partial charge in [0.15, 0.2) is 0 Å². The summed E-state index contributed by atoms with van der Waals surface area (Å²) in [6, 6.07) is 11.5. The van der Waals surface area contributed by atoms with Gasteiger partial charge >= 0.3 is 6.03 Å². The number of piperidine rings is 1. The van der Waals surface area contributed by atoms with Crippen molar-refractivity contribution in [3.63, 3.8) is 0 Å². The van der Waals surface area contributed by atoms with Crippen molar-refractivity contribution in [1.82, 2.24) is 14.7 Å². The zero-order valence-corrected chi connectivity index (χ0v) is 19.5. The van der Waals surface area contributed by atoms with E-state index in [1.165, 1.54) is 4.90 Å². The average molecular weight is 492 g/mol. The Morgan fingerprint density at radius 1 is 1.14 bits per heavy atom. The van der Waals surface area contributed by atoms with Crippen molar-refractivity contribution < 1.29 is 27.5 Å². The van der Waals surface area contributed by atoms with Crippen molar-refractivity contribution in [1.29, 1.82) is 0 Å². The van der Waals surface area contributed by atoms with Crippen LogP contribution in [0.15, 0.2) is 54.6 Å². The van der Waals surface area contributed by atoms with Crippen molar-refractivity contribution in [2.75, 3.05) is 39.8 Å². The Kier molecular flexibility index (Phi) is 7.47. The summed E-state index contributed by atoms with van der Waals surface area (Å²) in [4.78, 5) is 18.5. The van der Waals surface area contributed by atoms with Crippen LogP contribution >= 0.6 is 0 Å². The standard InChI is InChI=1S/C26H29F4N3O2/c1-31(21-9-11-32(12-10-21)16-24(29)30)25(35)33-15-18(22-13-20(27)7-8-23(22)28)14-26(33,17-34)19-5-3-2-4-6-19/h2-8,13-14,21,24,34H,9-12,15-17H2,1H3/t26-/m1/s1. The van der Waals surface area contributed by atoms with Crippen molar-refractivity contribution in [2.45, 2.75) is 30.8 Å². The average Bonchev–Trinajstić information content (AvgIpc) is 3.26. The quantitative estimate of drug-likeness (QED) is 0.612. The maximum atomic E-state index is 14.6. The molecule has 9 heteroatoms. The lowest BCUT2D eigenvalue weighted by atomic mass is 9.89. The van der Waals surface area contributed by atoms with E-state index < -0.39 is 30.2 Å². The van der Waals surface area contributed by atoms with E-state index in [2.05, 4.69) is 0 Å². The second kappa shape index (κ2) is 10.4. The molecule has 2 aliphatic rings. The van der Waals surface area contributed by atoms with Gasteiger partial charge in [-0.25, -0.2) is 22.4 Å². The van der Waals surface area contributed by atoms with Gasteiger partial charge in [-0.2, -0.15) is 0 Å². The molecule has 0 bridgehead atoms. The number of carbonyl (C=O) groups is 1. The minimum atomic E-state index is -2.40. The number of urea groups is 1. The van der Waals surface area contributed by atoms with Crippen LogP contribution in [0, 0.1) is 11.6 Å². The van der Waals surface area contributed by atoms with Crippen LogP contribution < -0.4 is 0 Å². The van der Waals surface area contributed by atoms with E-state index in [9.17, 15) is 27.5 Å². The number of aliphatic hydroxyl groups is 1. The summed E-state index contributed by atoms with van der Waals surface area (Å²) in [6.07, 6.45) is 0.314. The summed E-state index contributed by atoms with van der Waals surface area (Å²) in [5.41, 5.74) is -0.190. The van der Waals surface area contributed by atoms with Crippen molar-refractivity contribution in [2.24, 2.45) is 0 Å². The third-order valence-corrected chi connectivity index (χ3v) is 7.05. The van der Waals surface area contributed by atoms with Crippen molar-refractivity contribution in [3.05, 3.63) is 77.4 Å². The summed E-state index contributed by atoms with van der Waals surface area (Å²) in [6.45, 7) is 0.140. The molecule has 2 aromatic rings. The summed E-state index contributed by atoms with van der Waals surface area (Å²) in [7, 11) is 1.66. The molecule has 2 aromatic carbocycles. The van der Waals surface area contributed by atoms with E-state index in [1.807, 2.05) is 6.07 Å². The number of amides is 2. The van der Waals surface area contributed by atoms with Crippen LogP contribution in [0.5, 0.6) is 0 Å². The minimum absolute atomic E-state index is 0.0246. The Morgan fingerprint density at radius 2 is 1.83 bits per heavy atom. The second-order valence-corrected chi connectivity index (χ2v) is 9.14. The highest BCUT2D eigenvalue weighted by Crippen LogP contribution is 2.41. The predicted octanol–water partition coefficient (Wildman–Crippen LogP) is 4.33. The maximum absolute atomic E-state index is 14.6. The van der Waals surface area contributed by atoms with E-state index in [4.69, 9.17) is 0 Å². The summed E-state index contributed by atoms with van der Waals surface area (Å²) >= 11 is 0. The molecule has 0 saturated carbocycles. The fourth-order valence-electron chi connectivity index (χ4n) is 5.09. The van der Waals surface area contributed by atoms with Gasteiger partial charge in [0.25, 0.3) is 6.43 Å². The molecule has 1 saturated heterocycles. The van der Waals surface area contributed by atoms with Crippen LogP contribution in [0.1, 0.15) is 24.0 Å². The summed E-state index contributed by atoms with van der Waals surface area (Å²) in [5.74, 6) is -1.22. The lowest BCUT2D eigenvalue weighted by Gasteiger charge is -2.42. The third kappa shape index (κ3) is 5.06. The lowest BCUT2D eigenvalue weighted by Crippen LogP contribution is -2.55. The van der Waals surface area contributed by atoms with E-state index in [0.29, 0.717) is 37.1 Å². The largest absolute Gasteiger partial charge is 0.393 e. The zero-order valence-electron chi connectivity index (χ0n) is 19.5. The normalized spacial score (nSPS) is 21.5. The highest BCUT2D eigenvalue weighted by Gasteiger charge is 2.46. The van der Waals surface area contributed by atoms with Crippen LogP contribution in [0.3, 0.4) is 0 Å². The molecule has 2 heterocycles. The van der Waals surface area contributed by atoms with Gasteiger partial charge in [-0.05, 0) is 48.3 Å². The number of benzene rings is 2. The fraction of sp³-hybridized carbons (Fsp3) is 0.423. The highest BCUT2D eigenvalue weighted by atomic mass is 19.3. The Labute approximate surface area is 202 Å². The molecule has 1 atom stereocenters. The number of carbonyl (C=O) groups excluding carboxylic acids is 1. The van der Waals surface area contributed by atoms with Gasteiger partial charge in [0.05, 0.1) is 13.2 Å². The van der Waals surface area contributed by atoms with Crippen LogP contribution in [-0.2, 0) is 5.54 Å². The SMILES string of the molecule is CN(C(=O)N1CC(c2cc(F)ccc2F)=C[C@@]1(CO)c1ccccc1)C1CCN(CC(F)F)CC1. The molecule has 1 N–H and O–H groups in total. The Morgan fingerprint density at radius 3 is 2.46 bits per heavy atom. The highest BCUT2D eigenvalue weighted by molar-refractivity contribution is 5.83. The smallest absolute Gasteiger partial charge is 0.321 e. The molecule has 0 unspecified atom stereocenters. The molecule has 2 amide bonds. The van der Waals surface area contributed by atoms with E-state index in [-0.39, 0.29) is 30.7 Å². The lowest BCUT2D eigenvalue weighted by molar-refractivity contribution is 0.0493. The number of halogens is 4. The molecule has 0 aromatic heterocycles. The van der Waals surface area contributed by atoms with Crippen molar-refractivity contribution >= 4 is 11.6 Å². The van der Waals surface area contributed by atoms with Crippen LogP contribution in [0.25, 0.3) is 5.57 Å². The maximum Gasteiger partial charge on any atom is 0.321 e. The number of aliphatic hydroxyl groups excluding tert-OH is 1. The summed E-state index contributed by atoms with van der Waals surface area (Å²) in [5, 5.41) is 10.6. The first-order valence-corrected chi connectivity index (χ1v) is 11.6. The molecule has 0 spiro atoms. The topological polar surface area (TPSA) is 47.0 Å². The first-order valence-electron chi connectivity index (χ1n) is 11.6. The number of hydrogen-bond donors (Lipinski definition) is 1. The number of hydrogen-bond acceptors (Lipinski definition) is 3. The molecule has 5 nitrogen and oxygen atoms in total. The molecule has 0 aliphatic carbocycles. The number of likely N-dealkylation sites (tertiary alicyclic amines) is 1. The van der Waals surface area contributed by atoms with Gasteiger partial charge in [-0.3, -0.25) is 4.90 Å². The van der Waals surface area contributed by atoms with Gasteiger partial charge < -0.3 is 14.9 Å². The van der Waals surface area contributed by atoms with Crippen LogP contribution in [-0.4, -0.2) is 78.1 Å². The molecular weight excluding hydrogens is 462 g/mol. The predicted molar refractivity (Wildman–Crippen MR) is 125 cm³/mol. The monoisotopic (exact) mass is 491 g/mol. The number of nitrogens with zero attached hydrogens (tertiary/aromatic N) is 3. The van der Waals surface area contributed by atoms with Crippen LogP contribution in [0.4, 0.5) is 22.4 Å². The molecular formula is C26H29F4N3O2. The Bertz CT molecular complexity index is 1070. The molecule has 1 fully saturated rings. The Hall–Kier alpha value is -2.91. The Balaban J connectivity index is 1.64. The molecule has 35 heavy (non-hydrogen) atoms. The van der Waals surface area contributed by atoms with Crippen LogP contribution in [0.2, 0.25) is 0 Å². The van der Waals surface area contributed by atoms with Gasteiger partial charge in [0, 0.05) is 38.3 Å². The molecule has 0 radical (unpaired) electrons. The van der Waals surface area contributed by atoms with E-state index >= 15 is 0 Å². The summed E-state index contributed by atoms with van der Waals surface area (Å²) < 4.78 is 54.1. The first kappa shape index (κ1) is 25.2. The minimum Gasteiger partial charge on any atom is -0.393 e. The second-order valence-electron chi connectivity index (χ2n) is 9.14. The van der Waals surface area contributed by atoms with Gasteiger partial charge in [0.1, 0.15) is 17.2 Å². The zero-order chi connectivity index (χ0) is 25.2. The number of alkyl halides is 2. The van der Waals surface area contributed by atoms with Gasteiger partial charge in [-0.15, -0.1) is 0 Å². The van der Waals surface area contributed by atoms with E-state index in [0.717, 1.165) is 18.2 Å². The first-order chi connectivity index (χ1) is 16.7.